The third-order valence-corrected chi connectivity index (χ3v) is 5.74. The number of carbonyl (C=O) groups excluding carboxylic acids is 3. The van der Waals surface area contributed by atoms with E-state index >= 15 is 0 Å². The number of anilines is 1. The van der Waals surface area contributed by atoms with Crippen molar-refractivity contribution in [2.45, 2.75) is 31.6 Å². The van der Waals surface area contributed by atoms with E-state index in [1.807, 2.05) is 34.1 Å². The monoisotopic (exact) mass is 361 g/mol. The molecule has 0 aliphatic carbocycles. The summed E-state index contributed by atoms with van der Waals surface area (Å²) >= 11 is 1.62. The zero-order chi connectivity index (χ0) is 17.8. The van der Waals surface area contributed by atoms with Crippen LogP contribution in [0.1, 0.15) is 37.1 Å². The Morgan fingerprint density at radius 1 is 1.20 bits per heavy atom. The first-order valence-electron chi connectivity index (χ1n) is 8.61. The molecule has 2 aliphatic rings. The first kappa shape index (κ1) is 17.8. The summed E-state index contributed by atoms with van der Waals surface area (Å²) in [5.41, 5.74) is 1.81. The molecule has 3 rings (SSSR count). The summed E-state index contributed by atoms with van der Waals surface area (Å²) in [6.45, 7) is 3.71. The molecular weight excluding hydrogens is 338 g/mol. The zero-order valence-electron chi connectivity index (χ0n) is 14.4. The van der Waals surface area contributed by atoms with E-state index in [4.69, 9.17) is 0 Å². The topological polar surface area (TPSA) is 69.7 Å². The van der Waals surface area contributed by atoms with Crippen LogP contribution in [0.4, 0.5) is 5.69 Å². The number of likely N-dealkylation sites (tertiary alicyclic amines) is 1. The van der Waals surface area contributed by atoms with Crippen LogP contribution in [0.15, 0.2) is 24.3 Å². The lowest BCUT2D eigenvalue weighted by molar-refractivity contribution is -0.128. The van der Waals surface area contributed by atoms with Crippen LogP contribution >= 0.6 is 11.8 Å². The van der Waals surface area contributed by atoms with Gasteiger partial charge in [0.25, 0.3) is 0 Å². The molecule has 3 amide bonds. The van der Waals surface area contributed by atoms with E-state index < -0.39 is 0 Å². The molecule has 1 atom stereocenters. The second-order valence-electron chi connectivity index (χ2n) is 6.39. The highest BCUT2D eigenvalue weighted by atomic mass is 32.2. The number of amides is 3. The number of benzene rings is 1. The molecule has 2 saturated heterocycles. The molecule has 0 spiro atoms. The number of hydrogen-bond acceptors (Lipinski definition) is 4. The van der Waals surface area contributed by atoms with Gasteiger partial charge in [-0.25, -0.2) is 0 Å². The molecule has 2 heterocycles. The SMILES string of the molecule is CC(=O)Nc1ccc(C2SCC(=O)N2CCCN2CCCC2=O)cc1. The fourth-order valence-corrected chi connectivity index (χ4v) is 4.50. The molecule has 0 saturated carbocycles. The van der Waals surface area contributed by atoms with Crippen LogP contribution < -0.4 is 5.32 Å². The predicted octanol–water partition coefficient (Wildman–Crippen LogP) is 2.23. The Hall–Kier alpha value is -2.02. The van der Waals surface area contributed by atoms with E-state index in [-0.39, 0.29) is 23.1 Å². The number of hydrogen-bond donors (Lipinski definition) is 1. The molecule has 1 N–H and O–H groups in total. The molecule has 2 fully saturated rings. The Labute approximate surface area is 151 Å². The van der Waals surface area contributed by atoms with Gasteiger partial charge in [-0.15, -0.1) is 11.8 Å². The molecular formula is C18H23N3O3S. The van der Waals surface area contributed by atoms with E-state index in [9.17, 15) is 14.4 Å². The van der Waals surface area contributed by atoms with Gasteiger partial charge >= 0.3 is 0 Å². The number of nitrogens with zero attached hydrogens (tertiary/aromatic N) is 2. The van der Waals surface area contributed by atoms with Crippen LogP contribution in [0, 0.1) is 0 Å². The maximum atomic E-state index is 12.2. The van der Waals surface area contributed by atoms with Crippen LogP contribution in [-0.4, -0.2) is 52.9 Å². The Balaban J connectivity index is 1.59. The Kier molecular flexibility index (Phi) is 5.63. The highest BCUT2D eigenvalue weighted by Crippen LogP contribution is 2.38. The fourth-order valence-electron chi connectivity index (χ4n) is 3.28. The minimum atomic E-state index is -0.101. The van der Waals surface area contributed by atoms with Crippen molar-refractivity contribution in [2.24, 2.45) is 0 Å². The van der Waals surface area contributed by atoms with Crippen molar-refractivity contribution in [3.05, 3.63) is 29.8 Å². The van der Waals surface area contributed by atoms with Gasteiger partial charge in [-0.2, -0.15) is 0 Å². The maximum Gasteiger partial charge on any atom is 0.233 e. The minimum absolute atomic E-state index is 0.00755. The Morgan fingerprint density at radius 3 is 2.60 bits per heavy atom. The van der Waals surface area contributed by atoms with Crippen molar-refractivity contribution < 1.29 is 14.4 Å². The summed E-state index contributed by atoms with van der Waals surface area (Å²) in [5, 5.41) is 2.76. The number of carbonyl (C=O) groups is 3. The van der Waals surface area contributed by atoms with Gasteiger partial charge in [-0.05, 0) is 30.5 Å². The summed E-state index contributed by atoms with van der Waals surface area (Å²) in [4.78, 5) is 38.8. The summed E-state index contributed by atoms with van der Waals surface area (Å²) in [6, 6.07) is 7.64. The van der Waals surface area contributed by atoms with Crippen molar-refractivity contribution in [3.63, 3.8) is 0 Å². The normalized spacial score (nSPS) is 20.4. The lowest BCUT2D eigenvalue weighted by Gasteiger charge is -2.25. The first-order chi connectivity index (χ1) is 12.0. The third kappa shape index (κ3) is 4.34. The number of rotatable bonds is 6. The van der Waals surface area contributed by atoms with E-state index in [1.165, 1.54) is 6.92 Å². The van der Waals surface area contributed by atoms with Crippen LogP contribution in [0.3, 0.4) is 0 Å². The molecule has 0 aromatic heterocycles. The second-order valence-corrected chi connectivity index (χ2v) is 7.46. The van der Waals surface area contributed by atoms with Crippen LogP contribution in [0.5, 0.6) is 0 Å². The highest BCUT2D eigenvalue weighted by molar-refractivity contribution is 8.00. The van der Waals surface area contributed by atoms with Gasteiger partial charge in [0.05, 0.1) is 5.75 Å². The summed E-state index contributed by atoms with van der Waals surface area (Å²) in [5.74, 6) is 0.762. The highest BCUT2D eigenvalue weighted by Gasteiger charge is 2.32. The number of thioether (sulfide) groups is 1. The standard InChI is InChI=1S/C18H23N3O3S/c1-13(22)19-15-7-5-14(6-8-15)18-21(17(24)12-25-18)11-3-10-20-9-2-4-16(20)23/h5-8,18H,2-4,9-12H2,1H3,(H,19,22). The van der Waals surface area contributed by atoms with Gasteiger partial charge in [0.2, 0.25) is 17.7 Å². The minimum Gasteiger partial charge on any atom is -0.343 e. The molecule has 0 bridgehead atoms. The molecule has 0 radical (unpaired) electrons. The van der Waals surface area contributed by atoms with Gasteiger partial charge in [-0.1, -0.05) is 12.1 Å². The molecule has 7 heteroatoms. The Morgan fingerprint density at radius 2 is 1.96 bits per heavy atom. The van der Waals surface area contributed by atoms with Gasteiger partial charge in [0, 0.05) is 38.7 Å². The predicted molar refractivity (Wildman–Crippen MR) is 98.1 cm³/mol. The smallest absolute Gasteiger partial charge is 0.233 e. The van der Waals surface area contributed by atoms with Gasteiger partial charge in [-0.3, -0.25) is 14.4 Å². The zero-order valence-corrected chi connectivity index (χ0v) is 15.2. The molecule has 134 valence electrons. The fraction of sp³-hybridized carbons (Fsp3) is 0.500. The first-order valence-corrected chi connectivity index (χ1v) is 9.66. The molecule has 1 aromatic carbocycles. The van der Waals surface area contributed by atoms with E-state index in [1.54, 1.807) is 11.8 Å². The summed E-state index contributed by atoms with van der Waals surface area (Å²) in [6.07, 6.45) is 2.40. The van der Waals surface area contributed by atoms with Crippen molar-refractivity contribution >= 4 is 35.2 Å². The summed E-state index contributed by atoms with van der Waals surface area (Å²) < 4.78 is 0. The molecule has 25 heavy (non-hydrogen) atoms. The van der Waals surface area contributed by atoms with Gasteiger partial charge in [0.1, 0.15) is 5.37 Å². The van der Waals surface area contributed by atoms with E-state index in [0.29, 0.717) is 18.7 Å². The van der Waals surface area contributed by atoms with E-state index in [0.717, 1.165) is 37.2 Å². The molecule has 1 unspecified atom stereocenters. The lowest BCUT2D eigenvalue weighted by atomic mass is 10.2. The van der Waals surface area contributed by atoms with Crippen LogP contribution in [-0.2, 0) is 14.4 Å². The Bertz CT molecular complexity index is 662. The molecule has 2 aliphatic heterocycles. The van der Waals surface area contributed by atoms with Gasteiger partial charge < -0.3 is 15.1 Å². The maximum absolute atomic E-state index is 12.2. The average molecular weight is 361 g/mol. The van der Waals surface area contributed by atoms with Crippen molar-refractivity contribution in [2.75, 3.05) is 30.7 Å². The third-order valence-electron chi connectivity index (χ3n) is 4.48. The molecule has 6 nitrogen and oxygen atoms in total. The average Bonchev–Trinajstić information content (AvgIpc) is 3.15. The van der Waals surface area contributed by atoms with Gasteiger partial charge in [0.15, 0.2) is 0 Å². The second kappa shape index (κ2) is 7.91. The van der Waals surface area contributed by atoms with Crippen molar-refractivity contribution in [3.8, 4) is 0 Å². The van der Waals surface area contributed by atoms with Crippen LogP contribution in [0.2, 0.25) is 0 Å². The largest absolute Gasteiger partial charge is 0.343 e. The summed E-state index contributed by atoms with van der Waals surface area (Å²) in [7, 11) is 0. The van der Waals surface area contributed by atoms with Crippen molar-refractivity contribution in [1.82, 2.24) is 9.80 Å². The number of nitrogens with one attached hydrogen (secondary N) is 1. The van der Waals surface area contributed by atoms with E-state index in [2.05, 4.69) is 5.32 Å². The molecule has 1 aromatic rings. The lowest BCUT2D eigenvalue weighted by Crippen LogP contribution is -2.33. The van der Waals surface area contributed by atoms with Crippen molar-refractivity contribution in [1.29, 1.82) is 0 Å². The van der Waals surface area contributed by atoms with Crippen LogP contribution in [0.25, 0.3) is 0 Å². The quantitative estimate of drug-likeness (QED) is 0.844.